The Balaban J connectivity index is 2.41. The molecule has 0 spiro atoms. The summed E-state index contributed by atoms with van der Waals surface area (Å²) >= 11 is 0. The lowest BCUT2D eigenvalue weighted by Gasteiger charge is -1.93. The lowest BCUT2D eigenvalue weighted by atomic mass is 10.1. The van der Waals surface area contributed by atoms with E-state index in [0.717, 1.165) is 17.5 Å². The van der Waals surface area contributed by atoms with Gasteiger partial charge in [0.25, 0.3) is 0 Å². The molecule has 1 N–H and O–H groups in total. The van der Waals surface area contributed by atoms with Gasteiger partial charge in [0.05, 0.1) is 5.69 Å². The van der Waals surface area contributed by atoms with E-state index in [1.165, 1.54) is 0 Å². The number of H-pyrrole nitrogens is 1. The van der Waals surface area contributed by atoms with E-state index in [-0.39, 0.29) is 0 Å². The zero-order chi connectivity index (χ0) is 9.10. The average Bonchev–Trinajstić information content (AvgIpc) is 2.67. The number of aromatic amines is 1. The summed E-state index contributed by atoms with van der Waals surface area (Å²) in [5.74, 6) is 0. The first-order valence-electron chi connectivity index (χ1n) is 3.96. The largest absolute Gasteiger partial charge is 0.296 e. The van der Waals surface area contributed by atoms with Crippen molar-refractivity contribution in [3.8, 4) is 11.3 Å². The van der Waals surface area contributed by atoms with Crippen LogP contribution in [0.1, 0.15) is 10.5 Å². The number of rotatable bonds is 2. The van der Waals surface area contributed by atoms with Gasteiger partial charge in [-0.05, 0) is 11.6 Å². The molecule has 0 fully saturated rings. The fourth-order valence-electron chi connectivity index (χ4n) is 1.16. The smallest absolute Gasteiger partial charge is 0.170 e. The molecule has 0 aliphatic heterocycles. The predicted octanol–water partition coefficient (Wildman–Crippen LogP) is 1.89. The molecule has 0 bridgehead atoms. The number of carbonyl (C=O) groups is 1. The van der Waals surface area contributed by atoms with Crippen LogP contribution in [0.2, 0.25) is 0 Å². The van der Waals surface area contributed by atoms with Gasteiger partial charge in [0, 0.05) is 0 Å². The monoisotopic (exact) mass is 172 g/mol. The van der Waals surface area contributed by atoms with Gasteiger partial charge in [-0.2, -0.15) is 5.10 Å². The second kappa shape index (κ2) is 3.23. The molecular formula is C10H8N2O. The van der Waals surface area contributed by atoms with E-state index in [9.17, 15) is 4.79 Å². The molecule has 64 valence electrons. The first-order chi connectivity index (χ1) is 6.40. The van der Waals surface area contributed by atoms with Crippen molar-refractivity contribution in [1.82, 2.24) is 10.2 Å². The minimum atomic E-state index is 0.429. The molecule has 1 heterocycles. The fourth-order valence-corrected chi connectivity index (χ4v) is 1.16. The molecule has 3 nitrogen and oxygen atoms in total. The average molecular weight is 172 g/mol. The van der Waals surface area contributed by atoms with Gasteiger partial charge in [0.1, 0.15) is 5.69 Å². The first kappa shape index (κ1) is 7.73. The number of benzene rings is 1. The van der Waals surface area contributed by atoms with E-state index in [1.54, 1.807) is 6.07 Å². The van der Waals surface area contributed by atoms with Crippen LogP contribution < -0.4 is 0 Å². The number of hydrogen-bond donors (Lipinski definition) is 1. The third kappa shape index (κ3) is 1.49. The van der Waals surface area contributed by atoms with Gasteiger partial charge in [0.15, 0.2) is 6.29 Å². The predicted molar refractivity (Wildman–Crippen MR) is 49.4 cm³/mol. The topological polar surface area (TPSA) is 45.8 Å². The Morgan fingerprint density at radius 2 is 2.00 bits per heavy atom. The zero-order valence-electron chi connectivity index (χ0n) is 6.90. The van der Waals surface area contributed by atoms with Gasteiger partial charge in [0.2, 0.25) is 0 Å². The van der Waals surface area contributed by atoms with E-state index < -0.39 is 0 Å². The van der Waals surface area contributed by atoms with Crippen LogP contribution in [0, 0.1) is 0 Å². The normalized spacial score (nSPS) is 9.85. The molecule has 0 amide bonds. The highest BCUT2D eigenvalue weighted by atomic mass is 16.1. The maximum atomic E-state index is 10.4. The van der Waals surface area contributed by atoms with Crippen LogP contribution in [0.5, 0.6) is 0 Å². The Kier molecular flexibility index (Phi) is 1.92. The van der Waals surface area contributed by atoms with Gasteiger partial charge in [-0.3, -0.25) is 9.89 Å². The van der Waals surface area contributed by atoms with Crippen molar-refractivity contribution < 1.29 is 4.79 Å². The molecule has 0 aliphatic carbocycles. The van der Waals surface area contributed by atoms with Crippen molar-refractivity contribution in [2.45, 2.75) is 0 Å². The summed E-state index contributed by atoms with van der Waals surface area (Å²) in [7, 11) is 0. The minimum absolute atomic E-state index is 0.429. The number of aldehydes is 1. The van der Waals surface area contributed by atoms with Crippen molar-refractivity contribution in [1.29, 1.82) is 0 Å². The maximum absolute atomic E-state index is 10.4. The summed E-state index contributed by atoms with van der Waals surface area (Å²) < 4.78 is 0. The molecule has 0 saturated carbocycles. The highest BCUT2D eigenvalue weighted by Gasteiger charge is 2.00. The highest BCUT2D eigenvalue weighted by molar-refractivity contribution is 5.75. The molecule has 0 radical (unpaired) electrons. The molecule has 0 aliphatic rings. The molecule has 0 atom stereocenters. The molecule has 2 aromatic rings. The number of nitrogens with zero attached hydrogens (tertiary/aromatic N) is 1. The van der Waals surface area contributed by atoms with Crippen molar-refractivity contribution in [3.05, 3.63) is 42.1 Å². The summed E-state index contributed by atoms with van der Waals surface area (Å²) in [6.07, 6.45) is 0.725. The van der Waals surface area contributed by atoms with E-state index >= 15 is 0 Å². The van der Waals surface area contributed by atoms with Gasteiger partial charge < -0.3 is 0 Å². The summed E-state index contributed by atoms with van der Waals surface area (Å²) in [5.41, 5.74) is 2.32. The Labute approximate surface area is 75.4 Å². The lowest BCUT2D eigenvalue weighted by Crippen LogP contribution is -1.76. The second-order valence-electron chi connectivity index (χ2n) is 2.69. The summed E-state index contributed by atoms with van der Waals surface area (Å²) in [4.78, 5) is 10.4. The number of hydrogen-bond acceptors (Lipinski definition) is 2. The molecule has 0 saturated heterocycles. The maximum Gasteiger partial charge on any atom is 0.170 e. The van der Waals surface area contributed by atoms with Crippen LogP contribution in [0.3, 0.4) is 0 Å². The minimum Gasteiger partial charge on any atom is -0.296 e. The number of nitrogens with one attached hydrogen (secondary N) is 1. The van der Waals surface area contributed by atoms with E-state index in [4.69, 9.17) is 0 Å². The molecule has 3 heteroatoms. The Bertz CT molecular complexity index is 406. The van der Waals surface area contributed by atoms with Crippen molar-refractivity contribution in [2.75, 3.05) is 0 Å². The summed E-state index contributed by atoms with van der Waals surface area (Å²) in [6, 6.07) is 11.5. The molecule has 2 rings (SSSR count). The molecule has 13 heavy (non-hydrogen) atoms. The molecular weight excluding hydrogens is 164 g/mol. The highest BCUT2D eigenvalue weighted by Crippen LogP contribution is 2.15. The van der Waals surface area contributed by atoms with E-state index in [1.807, 2.05) is 30.3 Å². The van der Waals surface area contributed by atoms with Gasteiger partial charge in [-0.1, -0.05) is 30.3 Å². The van der Waals surface area contributed by atoms with Crippen LogP contribution in [-0.2, 0) is 0 Å². The second-order valence-corrected chi connectivity index (χ2v) is 2.69. The Morgan fingerprint density at radius 1 is 1.23 bits per heavy atom. The van der Waals surface area contributed by atoms with Crippen LogP contribution in [0.25, 0.3) is 11.3 Å². The fraction of sp³-hybridized carbons (Fsp3) is 0. The van der Waals surface area contributed by atoms with Crippen molar-refractivity contribution in [3.63, 3.8) is 0 Å². The summed E-state index contributed by atoms with van der Waals surface area (Å²) in [5, 5.41) is 6.61. The Morgan fingerprint density at radius 3 is 2.62 bits per heavy atom. The Hall–Kier alpha value is -1.90. The quantitative estimate of drug-likeness (QED) is 0.703. The lowest BCUT2D eigenvalue weighted by molar-refractivity contribution is 0.111. The molecule has 1 aromatic carbocycles. The van der Waals surface area contributed by atoms with Crippen molar-refractivity contribution in [2.24, 2.45) is 0 Å². The third-order valence-electron chi connectivity index (χ3n) is 1.80. The summed E-state index contributed by atoms with van der Waals surface area (Å²) in [6.45, 7) is 0. The molecule has 0 unspecified atom stereocenters. The van der Waals surface area contributed by atoms with Gasteiger partial charge >= 0.3 is 0 Å². The number of aromatic nitrogens is 2. The first-order valence-corrected chi connectivity index (χ1v) is 3.96. The van der Waals surface area contributed by atoms with Gasteiger partial charge in [-0.25, -0.2) is 0 Å². The van der Waals surface area contributed by atoms with Crippen LogP contribution in [-0.4, -0.2) is 16.5 Å². The third-order valence-corrected chi connectivity index (χ3v) is 1.80. The van der Waals surface area contributed by atoms with Crippen LogP contribution in [0.15, 0.2) is 36.4 Å². The SMILES string of the molecule is O=Cc1cc(-c2ccccc2)[nH]n1. The van der Waals surface area contributed by atoms with E-state index in [0.29, 0.717) is 5.69 Å². The number of carbonyl (C=O) groups excluding carboxylic acids is 1. The standard InChI is InChI=1S/C10H8N2O/c13-7-9-6-10(12-11-9)8-4-2-1-3-5-8/h1-7H,(H,11,12). The van der Waals surface area contributed by atoms with Crippen LogP contribution in [0.4, 0.5) is 0 Å². The molecule has 1 aromatic heterocycles. The zero-order valence-corrected chi connectivity index (χ0v) is 6.90. The van der Waals surface area contributed by atoms with Crippen molar-refractivity contribution >= 4 is 6.29 Å². The van der Waals surface area contributed by atoms with E-state index in [2.05, 4.69) is 10.2 Å². The van der Waals surface area contributed by atoms with Gasteiger partial charge in [-0.15, -0.1) is 0 Å². The van der Waals surface area contributed by atoms with Crippen LogP contribution >= 0.6 is 0 Å².